The van der Waals surface area contributed by atoms with Crippen molar-refractivity contribution in [3.8, 4) is 5.75 Å². The summed E-state index contributed by atoms with van der Waals surface area (Å²) in [5.74, 6) is 0.731. The summed E-state index contributed by atoms with van der Waals surface area (Å²) < 4.78 is 5.74. The summed E-state index contributed by atoms with van der Waals surface area (Å²) >= 11 is 5.97. The van der Waals surface area contributed by atoms with Crippen LogP contribution in [0.1, 0.15) is 31.9 Å². The monoisotopic (exact) mass is 429 g/mol. The van der Waals surface area contributed by atoms with Gasteiger partial charge in [-0.2, -0.15) is 0 Å². The summed E-state index contributed by atoms with van der Waals surface area (Å²) in [5, 5.41) is 3.51. The van der Waals surface area contributed by atoms with E-state index in [0.717, 1.165) is 30.1 Å². The highest BCUT2D eigenvalue weighted by atomic mass is 35.5. The van der Waals surface area contributed by atoms with E-state index in [1.165, 1.54) is 6.92 Å². The predicted molar refractivity (Wildman–Crippen MR) is 119 cm³/mol. The van der Waals surface area contributed by atoms with Crippen LogP contribution in [0.2, 0.25) is 5.02 Å². The number of nitrogens with one attached hydrogen (secondary N) is 1. The average molecular weight is 430 g/mol. The molecule has 1 fully saturated rings. The van der Waals surface area contributed by atoms with Gasteiger partial charge in [0, 0.05) is 38.1 Å². The minimum atomic E-state index is -0.371. The molecule has 0 saturated carbocycles. The van der Waals surface area contributed by atoms with Crippen molar-refractivity contribution < 1.29 is 14.3 Å². The molecule has 0 radical (unpaired) electrons. The van der Waals surface area contributed by atoms with Crippen LogP contribution in [0.25, 0.3) is 0 Å². The number of anilines is 1. The van der Waals surface area contributed by atoms with E-state index in [0.29, 0.717) is 24.7 Å². The number of benzene rings is 2. The van der Waals surface area contributed by atoms with E-state index < -0.39 is 0 Å². The SMILES string of the molecule is CCOc1ccccc1N1CCN(C(=O)CC(NC(C)=O)c2ccc(Cl)cc2)CC1. The molecule has 3 rings (SSSR count). The van der Waals surface area contributed by atoms with Gasteiger partial charge in [-0.1, -0.05) is 35.9 Å². The largest absolute Gasteiger partial charge is 0.492 e. The molecule has 2 aromatic carbocycles. The van der Waals surface area contributed by atoms with Gasteiger partial charge in [-0.25, -0.2) is 0 Å². The molecule has 1 saturated heterocycles. The van der Waals surface area contributed by atoms with Gasteiger partial charge in [0.1, 0.15) is 5.75 Å². The van der Waals surface area contributed by atoms with Gasteiger partial charge in [-0.15, -0.1) is 0 Å². The lowest BCUT2D eigenvalue weighted by Gasteiger charge is -2.37. The molecule has 0 aromatic heterocycles. The summed E-state index contributed by atoms with van der Waals surface area (Å²) in [4.78, 5) is 28.7. The second-order valence-corrected chi connectivity index (χ2v) is 7.71. The van der Waals surface area contributed by atoms with Gasteiger partial charge in [0.25, 0.3) is 0 Å². The fraction of sp³-hybridized carbons (Fsp3) is 0.391. The lowest BCUT2D eigenvalue weighted by atomic mass is 10.0. The van der Waals surface area contributed by atoms with Crippen molar-refractivity contribution in [3.63, 3.8) is 0 Å². The fourth-order valence-electron chi connectivity index (χ4n) is 3.69. The first-order chi connectivity index (χ1) is 14.5. The lowest BCUT2D eigenvalue weighted by molar-refractivity contribution is -0.132. The molecule has 7 heteroatoms. The standard InChI is InChI=1S/C23H28ClN3O3/c1-3-30-22-7-5-4-6-21(22)26-12-14-27(15-13-26)23(29)16-20(25-17(2)28)18-8-10-19(24)11-9-18/h4-11,20H,3,12-16H2,1-2H3,(H,25,28). The number of para-hydroxylation sites is 2. The highest BCUT2D eigenvalue weighted by Crippen LogP contribution is 2.29. The van der Waals surface area contributed by atoms with Crippen LogP contribution >= 0.6 is 11.6 Å². The summed E-state index contributed by atoms with van der Waals surface area (Å²) in [6.07, 6.45) is 0.219. The predicted octanol–water partition coefficient (Wildman–Crippen LogP) is 3.65. The number of ether oxygens (including phenoxy) is 1. The van der Waals surface area contributed by atoms with Crippen LogP contribution in [0, 0.1) is 0 Å². The Bertz CT molecular complexity index is 864. The van der Waals surface area contributed by atoms with E-state index >= 15 is 0 Å². The third kappa shape index (κ3) is 5.66. The maximum absolute atomic E-state index is 12.9. The van der Waals surface area contributed by atoms with Crippen LogP contribution in [-0.2, 0) is 9.59 Å². The molecule has 30 heavy (non-hydrogen) atoms. The molecule has 0 bridgehead atoms. The molecule has 2 aromatic rings. The quantitative estimate of drug-likeness (QED) is 0.729. The number of carbonyl (C=O) groups is 2. The Hall–Kier alpha value is -2.73. The van der Waals surface area contributed by atoms with Gasteiger partial charge in [0.15, 0.2) is 0 Å². The van der Waals surface area contributed by atoms with Gasteiger partial charge >= 0.3 is 0 Å². The number of piperazine rings is 1. The first-order valence-corrected chi connectivity index (χ1v) is 10.6. The molecular weight excluding hydrogens is 402 g/mol. The Morgan fingerprint density at radius 3 is 2.37 bits per heavy atom. The Kier molecular flexibility index (Phi) is 7.57. The van der Waals surface area contributed by atoms with Crippen molar-refractivity contribution in [1.29, 1.82) is 0 Å². The summed E-state index contributed by atoms with van der Waals surface area (Å²) in [5.41, 5.74) is 1.93. The van der Waals surface area contributed by atoms with Crippen LogP contribution in [0.5, 0.6) is 5.75 Å². The third-order valence-electron chi connectivity index (χ3n) is 5.17. The zero-order chi connectivity index (χ0) is 21.5. The maximum Gasteiger partial charge on any atom is 0.225 e. The van der Waals surface area contributed by atoms with Crippen molar-refractivity contribution in [2.24, 2.45) is 0 Å². The van der Waals surface area contributed by atoms with Crippen molar-refractivity contribution in [2.45, 2.75) is 26.3 Å². The number of hydrogen-bond acceptors (Lipinski definition) is 4. The molecular formula is C23H28ClN3O3. The highest BCUT2D eigenvalue weighted by molar-refractivity contribution is 6.30. The molecule has 1 heterocycles. The number of amides is 2. The van der Waals surface area contributed by atoms with E-state index in [1.54, 1.807) is 12.1 Å². The van der Waals surface area contributed by atoms with Gasteiger partial charge in [0.05, 0.1) is 24.8 Å². The number of rotatable bonds is 7. The van der Waals surface area contributed by atoms with Crippen LogP contribution in [0.4, 0.5) is 5.69 Å². The van der Waals surface area contributed by atoms with Crippen LogP contribution < -0.4 is 15.0 Å². The third-order valence-corrected chi connectivity index (χ3v) is 5.42. The van der Waals surface area contributed by atoms with E-state index in [2.05, 4.69) is 16.3 Å². The molecule has 6 nitrogen and oxygen atoms in total. The van der Waals surface area contributed by atoms with Crippen molar-refractivity contribution in [2.75, 3.05) is 37.7 Å². The average Bonchev–Trinajstić information content (AvgIpc) is 2.74. The molecule has 0 aliphatic carbocycles. The molecule has 0 spiro atoms. The smallest absolute Gasteiger partial charge is 0.225 e. The fourth-order valence-corrected chi connectivity index (χ4v) is 3.82. The van der Waals surface area contributed by atoms with Crippen LogP contribution in [0.15, 0.2) is 48.5 Å². The second kappa shape index (κ2) is 10.3. The normalized spacial score (nSPS) is 14.9. The summed E-state index contributed by atoms with van der Waals surface area (Å²) in [6, 6.07) is 14.8. The van der Waals surface area contributed by atoms with Crippen molar-refractivity contribution in [3.05, 3.63) is 59.1 Å². The number of nitrogens with zero attached hydrogens (tertiary/aromatic N) is 2. The minimum absolute atomic E-state index is 0.0291. The first kappa shape index (κ1) is 22.0. The molecule has 1 aliphatic rings. The molecule has 1 unspecified atom stereocenters. The lowest BCUT2D eigenvalue weighted by Crippen LogP contribution is -2.49. The van der Waals surface area contributed by atoms with E-state index in [1.807, 2.05) is 42.2 Å². The maximum atomic E-state index is 12.9. The van der Waals surface area contributed by atoms with Gasteiger partial charge in [0.2, 0.25) is 11.8 Å². The molecule has 1 atom stereocenters. The number of carbonyl (C=O) groups excluding carboxylic acids is 2. The molecule has 1 aliphatic heterocycles. The summed E-state index contributed by atoms with van der Waals surface area (Å²) in [6.45, 7) is 6.79. The Labute approximate surface area is 182 Å². The Morgan fingerprint density at radius 2 is 1.73 bits per heavy atom. The van der Waals surface area contributed by atoms with Gasteiger partial charge < -0.3 is 19.9 Å². The Balaban J connectivity index is 1.62. The van der Waals surface area contributed by atoms with Crippen LogP contribution in [-0.4, -0.2) is 49.5 Å². The summed E-state index contributed by atoms with van der Waals surface area (Å²) in [7, 11) is 0. The van der Waals surface area contributed by atoms with Gasteiger partial charge in [-0.3, -0.25) is 9.59 Å². The van der Waals surface area contributed by atoms with Crippen molar-refractivity contribution in [1.82, 2.24) is 10.2 Å². The highest BCUT2D eigenvalue weighted by Gasteiger charge is 2.26. The Morgan fingerprint density at radius 1 is 1.07 bits per heavy atom. The van der Waals surface area contributed by atoms with E-state index in [4.69, 9.17) is 16.3 Å². The topological polar surface area (TPSA) is 61.9 Å². The second-order valence-electron chi connectivity index (χ2n) is 7.28. The van der Waals surface area contributed by atoms with E-state index in [9.17, 15) is 9.59 Å². The zero-order valence-corrected chi connectivity index (χ0v) is 18.2. The number of hydrogen-bond donors (Lipinski definition) is 1. The number of halogens is 1. The molecule has 2 amide bonds. The van der Waals surface area contributed by atoms with Gasteiger partial charge in [-0.05, 0) is 36.8 Å². The van der Waals surface area contributed by atoms with Crippen LogP contribution in [0.3, 0.4) is 0 Å². The first-order valence-electron chi connectivity index (χ1n) is 10.2. The van der Waals surface area contributed by atoms with Crippen molar-refractivity contribution >= 4 is 29.1 Å². The minimum Gasteiger partial charge on any atom is -0.492 e. The molecule has 1 N–H and O–H groups in total. The van der Waals surface area contributed by atoms with E-state index in [-0.39, 0.29) is 24.3 Å². The zero-order valence-electron chi connectivity index (χ0n) is 17.4. The molecule has 160 valence electrons.